The van der Waals surface area contributed by atoms with Crippen LogP contribution in [0.3, 0.4) is 0 Å². The van der Waals surface area contributed by atoms with Gasteiger partial charge < -0.3 is 10.1 Å². The maximum absolute atomic E-state index is 12.2. The molecule has 0 spiro atoms. The van der Waals surface area contributed by atoms with Crippen LogP contribution in [-0.4, -0.2) is 23.8 Å². The van der Waals surface area contributed by atoms with E-state index < -0.39 is 0 Å². The van der Waals surface area contributed by atoms with E-state index in [1.54, 1.807) is 25.3 Å². The fourth-order valence-corrected chi connectivity index (χ4v) is 3.40. The van der Waals surface area contributed by atoms with E-state index in [1.165, 1.54) is 11.8 Å². The standard InChI is InChI=1S/C17H16ClN3O2S/c1-21-14-6-4-3-5-12(14)20-17(21)24-10-16(22)19-13-9-11(18)7-8-15(13)23-2/h3-9H,10H2,1-2H3,(H,19,22)/p+1. The van der Waals surface area contributed by atoms with Crippen molar-refractivity contribution in [3.63, 3.8) is 0 Å². The van der Waals surface area contributed by atoms with Crippen LogP contribution < -0.4 is 14.6 Å². The lowest BCUT2D eigenvalue weighted by Gasteiger charge is -2.09. The molecule has 2 N–H and O–H groups in total. The number of carbonyl (C=O) groups excluding carboxylic acids is 1. The summed E-state index contributed by atoms with van der Waals surface area (Å²) in [5.74, 6) is 0.726. The van der Waals surface area contributed by atoms with Gasteiger partial charge in [-0.2, -0.15) is 0 Å². The first-order valence-electron chi connectivity index (χ1n) is 7.31. The van der Waals surface area contributed by atoms with Crippen molar-refractivity contribution >= 4 is 46.0 Å². The lowest BCUT2D eigenvalue weighted by atomic mass is 10.3. The molecule has 0 aliphatic rings. The van der Waals surface area contributed by atoms with Gasteiger partial charge in [0.05, 0.1) is 25.6 Å². The highest BCUT2D eigenvalue weighted by Gasteiger charge is 2.17. The summed E-state index contributed by atoms with van der Waals surface area (Å²) in [6.45, 7) is 0. The highest BCUT2D eigenvalue weighted by Crippen LogP contribution is 2.28. The van der Waals surface area contributed by atoms with Crippen LogP contribution in [-0.2, 0) is 11.8 Å². The zero-order chi connectivity index (χ0) is 17.1. The van der Waals surface area contributed by atoms with Gasteiger partial charge in [-0.25, -0.2) is 9.55 Å². The molecule has 3 rings (SSSR count). The summed E-state index contributed by atoms with van der Waals surface area (Å²) < 4.78 is 7.27. The minimum Gasteiger partial charge on any atom is -0.495 e. The average Bonchev–Trinajstić information content (AvgIpc) is 2.90. The summed E-state index contributed by atoms with van der Waals surface area (Å²) in [5, 5.41) is 4.30. The van der Waals surface area contributed by atoms with Crippen molar-refractivity contribution in [2.45, 2.75) is 5.16 Å². The molecular weight excluding hydrogens is 346 g/mol. The number of hydrogen-bond acceptors (Lipinski definition) is 3. The Balaban J connectivity index is 1.69. The summed E-state index contributed by atoms with van der Waals surface area (Å²) in [6.07, 6.45) is 0. The molecule has 0 aliphatic carbocycles. The molecular formula is C17H17ClN3O2S+. The van der Waals surface area contributed by atoms with E-state index >= 15 is 0 Å². The molecule has 0 radical (unpaired) electrons. The second-order valence-corrected chi connectivity index (χ2v) is 6.59. The number of aromatic amines is 1. The van der Waals surface area contributed by atoms with E-state index in [2.05, 4.69) is 10.3 Å². The van der Waals surface area contributed by atoms with Gasteiger partial charge >= 0.3 is 5.16 Å². The molecule has 24 heavy (non-hydrogen) atoms. The number of hydrogen-bond donors (Lipinski definition) is 2. The number of halogens is 1. The van der Waals surface area contributed by atoms with Crippen molar-refractivity contribution in [1.29, 1.82) is 0 Å². The molecule has 0 bridgehead atoms. The lowest BCUT2D eigenvalue weighted by Crippen LogP contribution is -2.29. The SMILES string of the molecule is COc1ccc(Cl)cc1NC(=O)CSc1[nH]c2ccccc2[n+]1C. The molecule has 1 aromatic heterocycles. The summed E-state index contributed by atoms with van der Waals surface area (Å²) in [5.41, 5.74) is 2.70. The summed E-state index contributed by atoms with van der Waals surface area (Å²) >= 11 is 7.42. The number of fused-ring (bicyclic) bond motifs is 1. The fraction of sp³-hybridized carbons (Fsp3) is 0.176. The fourth-order valence-electron chi connectivity index (χ4n) is 2.41. The molecule has 0 saturated carbocycles. The number of imidazole rings is 1. The molecule has 3 aromatic rings. The number of aryl methyl sites for hydroxylation is 1. The van der Waals surface area contributed by atoms with Crippen LogP contribution in [0.2, 0.25) is 5.02 Å². The van der Waals surface area contributed by atoms with Crippen LogP contribution in [0.1, 0.15) is 0 Å². The maximum Gasteiger partial charge on any atom is 0.317 e. The van der Waals surface area contributed by atoms with Crippen molar-refractivity contribution < 1.29 is 14.1 Å². The largest absolute Gasteiger partial charge is 0.495 e. The van der Waals surface area contributed by atoms with Gasteiger partial charge in [0.1, 0.15) is 5.75 Å². The Hall–Kier alpha value is -2.18. The first kappa shape index (κ1) is 16.7. The number of thioether (sulfide) groups is 1. The van der Waals surface area contributed by atoms with E-state index in [4.69, 9.17) is 16.3 Å². The molecule has 1 heterocycles. The smallest absolute Gasteiger partial charge is 0.317 e. The summed E-state index contributed by atoms with van der Waals surface area (Å²) in [6, 6.07) is 13.1. The quantitative estimate of drug-likeness (QED) is 0.540. The third-order valence-corrected chi connectivity index (χ3v) is 4.88. The first-order chi connectivity index (χ1) is 11.6. The number of benzene rings is 2. The number of methoxy groups -OCH3 is 1. The maximum atomic E-state index is 12.2. The van der Waals surface area contributed by atoms with Crippen LogP contribution in [0.25, 0.3) is 11.0 Å². The van der Waals surface area contributed by atoms with Gasteiger partial charge in [0.25, 0.3) is 0 Å². The predicted octanol–water partition coefficient (Wildman–Crippen LogP) is 3.39. The minimum atomic E-state index is -0.126. The Kier molecular flexibility index (Phi) is 4.97. The Bertz CT molecular complexity index is 895. The van der Waals surface area contributed by atoms with Crippen molar-refractivity contribution in [1.82, 2.24) is 4.98 Å². The zero-order valence-corrected chi connectivity index (χ0v) is 14.9. The number of H-pyrrole nitrogens is 1. The van der Waals surface area contributed by atoms with Crippen LogP contribution >= 0.6 is 23.4 Å². The van der Waals surface area contributed by atoms with Crippen molar-refractivity contribution in [3.8, 4) is 5.75 Å². The third kappa shape index (κ3) is 3.49. The molecule has 2 aromatic carbocycles. The normalized spacial score (nSPS) is 10.8. The molecule has 5 nitrogen and oxygen atoms in total. The number of ether oxygens (including phenoxy) is 1. The van der Waals surface area contributed by atoms with E-state index in [-0.39, 0.29) is 11.7 Å². The molecule has 124 valence electrons. The van der Waals surface area contributed by atoms with E-state index in [9.17, 15) is 4.79 Å². The van der Waals surface area contributed by atoms with E-state index in [0.717, 1.165) is 16.2 Å². The monoisotopic (exact) mass is 362 g/mol. The van der Waals surface area contributed by atoms with Crippen molar-refractivity contribution in [3.05, 3.63) is 47.5 Å². The number of aromatic nitrogens is 2. The number of carbonyl (C=O) groups is 1. The molecule has 0 fully saturated rings. The molecule has 0 saturated heterocycles. The second kappa shape index (κ2) is 7.15. The van der Waals surface area contributed by atoms with Gasteiger partial charge in [-0.05, 0) is 42.1 Å². The molecule has 0 unspecified atom stereocenters. The van der Waals surface area contributed by atoms with E-state index in [1.807, 2.05) is 35.9 Å². The Morgan fingerprint density at radius 3 is 2.88 bits per heavy atom. The summed E-state index contributed by atoms with van der Waals surface area (Å²) in [7, 11) is 3.52. The molecule has 1 amide bonds. The number of anilines is 1. The number of para-hydroxylation sites is 2. The van der Waals surface area contributed by atoms with Gasteiger partial charge in [0, 0.05) is 5.02 Å². The van der Waals surface area contributed by atoms with Gasteiger partial charge in [-0.1, -0.05) is 23.7 Å². The Labute approximate surface area is 149 Å². The highest BCUT2D eigenvalue weighted by atomic mass is 35.5. The second-order valence-electron chi connectivity index (χ2n) is 5.19. The number of nitrogens with one attached hydrogen (secondary N) is 2. The zero-order valence-electron chi connectivity index (χ0n) is 13.3. The van der Waals surface area contributed by atoms with Gasteiger partial charge in [0.15, 0.2) is 11.0 Å². The Morgan fingerprint density at radius 2 is 2.12 bits per heavy atom. The minimum absolute atomic E-state index is 0.126. The van der Waals surface area contributed by atoms with Crippen LogP contribution in [0.4, 0.5) is 5.69 Å². The van der Waals surface area contributed by atoms with Crippen molar-refractivity contribution in [2.24, 2.45) is 7.05 Å². The lowest BCUT2D eigenvalue weighted by molar-refractivity contribution is -0.683. The average molecular weight is 363 g/mol. The summed E-state index contributed by atoms with van der Waals surface area (Å²) in [4.78, 5) is 15.6. The Morgan fingerprint density at radius 1 is 1.33 bits per heavy atom. The van der Waals surface area contributed by atoms with Gasteiger partial charge in [-0.15, -0.1) is 0 Å². The van der Waals surface area contributed by atoms with Crippen LogP contribution in [0, 0.1) is 0 Å². The van der Waals surface area contributed by atoms with Gasteiger partial charge in [-0.3, -0.25) is 4.79 Å². The molecule has 0 aliphatic heterocycles. The topological polar surface area (TPSA) is 58.0 Å². The predicted molar refractivity (Wildman–Crippen MR) is 96.8 cm³/mol. The highest BCUT2D eigenvalue weighted by molar-refractivity contribution is 7.99. The third-order valence-electron chi connectivity index (χ3n) is 3.59. The van der Waals surface area contributed by atoms with Crippen LogP contribution in [0.5, 0.6) is 5.75 Å². The van der Waals surface area contributed by atoms with Gasteiger partial charge in [0.2, 0.25) is 5.91 Å². The van der Waals surface area contributed by atoms with Crippen LogP contribution in [0.15, 0.2) is 47.6 Å². The van der Waals surface area contributed by atoms with Crippen molar-refractivity contribution in [2.75, 3.05) is 18.2 Å². The van der Waals surface area contributed by atoms with E-state index in [0.29, 0.717) is 16.5 Å². The molecule has 7 heteroatoms. The number of nitrogens with zero attached hydrogens (tertiary/aromatic N) is 1. The molecule has 0 atom stereocenters. The number of rotatable bonds is 5. The number of amides is 1. The first-order valence-corrected chi connectivity index (χ1v) is 8.68.